The standard InChI is InChI=1S/C12H15ClN2O/c13-12-8-9(4-5-14-12)15-6-7-16-11-3-1-2-10(11)15/h4-5,8,10-11H,1-3,6-7H2. The molecule has 2 fully saturated rings. The Morgan fingerprint density at radius 2 is 2.38 bits per heavy atom. The number of nitrogens with zero attached hydrogens (tertiary/aromatic N) is 2. The van der Waals surface area contributed by atoms with E-state index in [0.717, 1.165) is 13.2 Å². The topological polar surface area (TPSA) is 25.4 Å². The maximum Gasteiger partial charge on any atom is 0.131 e. The lowest BCUT2D eigenvalue weighted by Gasteiger charge is -2.39. The summed E-state index contributed by atoms with van der Waals surface area (Å²) in [6, 6.07) is 4.52. The van der Waals surface area contributed by atoms with E-state index in [4.69, 9.17) is 16.3 Å². The minimum absolute atomic E-state index is 0.417. The van der Waals surface area contributed by atoms with E-state index in [1.165, 1.54) is 24.9 Å². The fourth-order valence-electron chi connectivity index (χ4n) is 2.82. The Hall–Kier alpha value is -0.800. The van der Waals surface area contributed by atoms with Gasteiger partial charge in [-0.1, -0.05) is 11.6 Å². The first-order valence-electron chi connectivity index (χ1n) is 5.84. The summed E-state index contributed by atoms with van der Waals surface area (Å²) in [6.07, 6.45) is 5.88. The van der Waals surface area contributed by atoms with E-state index < -0.39 is 0 Å². The van der Waals surface area contributed by atoms with Crippen LogP contribution >= 0.6 is 11.6 Å². The van der Waals surface area contributed by atoms with Crippen molar-refractivity contribution in [2.45, 2.75) is 31.4 Å². The Bertz CT molecular complexity index is 385. The van der Waals surface area contributed by atoms with Gasteiger partial charge in [0.15, 0.2) is 0 Å². The number of halogens is 1. The molecule has 16 heavy (non-hydrogen) atoms. The van der Waals surface area contributed by atoms with Gasteiger partial charge in [0, 0.05) is 18.4 Å². The van der Waals surface area contributed by atoms with Gasteiger partial charge in [-0.2, -0.15) is 0 Å². The van der Waals surface area contributed by atoms with Gasteiger partial charge in [-0.15, -0.1) is 0 Å². The number of anilines is 1. The molecule has 0 spiro atoms. The molecule has 3 nitrogen and oxygen atoms in total. The fourth-order valence-corrected chi connectivity index (χ4v) is 2.99. The normalized spacial score (nSPS) is 29.2. The number of morpholine rings is 1. The molecule has 0 radical (unpaired) electrons. The zero-order valence-electron chi connectivity index (χ0n) is 9.10. The third-order valence-corrected chi connectivity index (χ3v) is 3.73. The first-order valence-corrected chi connectivity index (χ1v) is 6.22. The summed E-state index contributed by atoms with van der Waals surface area (Å²) in [6.45, 7) is 1.78. The van der Waals surface area contributed by atoms with E-state index in [0.29, 0.717) is 17.3 Å². The van der Waals surface area contributed by atoms with E-state index in [9.17, 15) is 0 Å². The number of ether oxygens (including phenoxy) is 1. The molecule has 0 N–H and O–H groups in total. The first kappa shape index (κ1) is 10.4. The SMILES string of the molecule is Clc1cc(N2CCOC3CCCC32)ccn1. The Morgan fingerprint density at radius 1 is 1.44 bits per heavy atom. The molecule has 2 heterocycles. The second-order valence-corrected chi connectivity index (χ2v) is 4.82. The van der Waals surface area contributed by atoms with Crippen LogP contribution in [0.1, 0.15) is 19.3 Å². The average molecular weight is 239 g/mol. The molecule has 1 aliphatic heterocycles. The van der Waals surface area contributed by atoms with Gasteiger partial charge in [-0.25, -0.2) is 4.98 Å². The minimum Gasteiger partial charge on any atom is -0.374 e. The maximum atomic E-state index is 5.94. The van der Waals surface area contributed by atoms with E-state index in [1.54, 1.807) is 6.20 Å². The van der Waals surface area contributed by atoms with Crippen molar-refractivity contribution in [2.24, 2.45) is 0 Å². The highest BCUT2D eigenvalue weighted by Crippen LogP contribution is 2.33. The smallest absolute Gasteiger partial charge is 0.131 e. The van der Waals surface area contributed by atoms with Crippen LogP contribution in [0.3, 0.4) is 0 Å². The number of fused-ring (bicyclic) bond motifs is 1. The summed E-state index contributed by atoms with van der Waals surface area (Å²) >= 11 is 5.94. The summed E-state index contributed by atoms with van der Waals surface area (Å²) < 4.78 is 5.79. The van der Waals surface area contributed by atoms with Gasteiger partial charge in [0.2, 0.25) is 0 Å². The van der Waals surface area contributed by atoms with Crippen molar-refractivity contribution in [1.29, 1.82) is 0 Å². The Labute approximate surface area is 100 Å². The number of aromatic nitrogens is 1. The van der Waals surface area contributed by atoms with Gasteiger partial charge in [0.25, 0.3) is 0 Å². The zero-order chi connectivity index (χ0) is 11.0. The lowest BCUT2D eigenvalue weighted by atomic mass is 10.1. The van der Waals surface area contributed by atoms with Gasteiger partial charge in [-0.3, -0.25) is 0 Å². The van der Waals surface area contributed by atoms with Crippen molar-refractivity contribution >= 4 is 17.3 Å². The highest BCUT2D eigenvalue weighted by molar-refractivity contribution is 6.29. The highest BCUT2D eigenvalue weighted by Gasteiger charge is 2.36. The van der Waals surface area contributed by atoms with Crippen LogP contribution in [0.15, 0.2) is 18.3 Å². The molecule has 3 rings (SSSR count). The van der Waals surface area contributed by atoms with Gasteiger partial charge in [0.1, 0.15) is 5.15 Å². The molecule has 0 bridgehead atoms. The summed E-state index contributed by atoms with van der Waals surface area (Å²) in [5.74, 6) is 0. The number of rotatable bonds is 1. The van der Waals surface area contributed by atoms with E-state index in [-0.39, 0.29) is 0 Å². The zero-order valence-corrected chi connectivity index (χ0v) is 9.86. The molecular weight excluding hydrogens is 224 g/mol. The van der Waals surface area contributed by atoms with Crippen LogP contribution in [0, 0.1) is 0 Å². The van der Waals surface area contributed by atoms with E-state index in [2.05, 4.69) is 9.88 Å². The van der Waals surface area contributed by atoms with Gasteiger partial charge >= 0.3 is 0 Å². The molecule has 1 aromatic rings. The van der Waals surface area contributed by atoms with Crippen LogP contribution in [0.2, 0.25) is 5.15 Å². The Kier molecular flexibility index (Phi) is 2.74. The van der Waals surface area contributed by atoms with E-state index >= 15 is 0 Å². The Morgan fingerprint density at radius 3 is 3.25 bits per heavy atom. The van der Waals surface area contributed by atoms with Crippen molar-refractivity contribution in [3.63, 3.8) is 0 Å². The molecule has 1 saturated carbocycles. The van der Waals surface area contributed by atoms with Gasteiger partial charge < -0.3 is 9.64 Å². The van der Waals surface area contributed by atoms with Crippen LogP contribution in [-0.4, -0.2) is 30.3 Å². The van der Waals surface area contributed by atoms with Crippen LogP contribution in [-0.2, 0) is 4.74 Å². The molecule has 0 aromatic carbocycles. The third kappa shape index (κ3) is 1.78. The van der Waals surface area contributed by atoms with Crippen molar-refractivity contribution in [3.8, 4) is 0 Å². The van der Waals surface area contributed by atoms with Crippen molar-refractivity contribution in [1.82, 2.24) is 4.98 Å². The fraction of sp³-hybridized carbons (Fsp3) is 0.583. The summed E-state index contributed by atoms with van der Waals surface area (Å²) in [4.78, 5) is 6.45. The molecular formula is C12H15ClN2O. The second-order valence-electron chi connectivity index (χ2n) is 4.44. The molecule has 2 atom stereocenters. The quantitative estimate of drug-likeness (QED) is 0.703. The van der Waals surface area contributed by atoms with Crippen LogP contribution in [0.4, 0.5) is 5.69 Å². The number of hydrogen-bond acceptors (Lipinski definition) is 3. The third-order valence-electron chi connectivity index (χ3n) is 3.52. The average Bonchev–Trinajstić information content (AvgIpc) is 2.76. The molecule has 0 amide bonds. The number of pyridine rings is 1. The Balaban J connectivity index is 1.88. The molecule has 1 aromatic heterocycles. The molecule has 1 aliphatic carbocycles. The molecule has 2 unspecified atom stereocenters. The van der Waals surface area contributed by atoms with Crippen LogP contribution in [0.5, 0.6) is 0 Å². The van der Waals surface area contributed by atoms with E-state index in [1.807, 2.05) is 12.1 Å². The van der Waals surface area contributed by atoms with Crippen molar-refractivity contribution < 1.29 is 4.74 Å². The minimum atomic E-state index is 0.417. The van der Waals surface area contributed by atoms with Crippen LogP contribution < -0.4 is 4.90 Å². The molecule has 4 heteroatoms. The van der Waals surface area contributed by atoms with Crippen molar-refractivity contribution in [3.05, 3.63) is 23.5 Å². The van der Waals surface area contributed by atoms with Crippen molar-refractivity contribution in [2.75, 3.05) is 18.1 Å². The number of hydrogen-bond donors (Lipinski definition) is 0. The van der Waals surface area contributed by atoms with Gasteiger partial charge in [-0.05, 0) is 31.4 Å². The molecule has 1 saturated heterocycles. The van der Waals surface area contributed by atoms with Crippen LogP contribution in [0.25, 0.3) is 0 Å². The molecule has 86 valence electrons. The maximum absolute atomic E-state index is 5.94. The predicted molar refractivity (Wildman–Crippen MR) is 64.0 cm³/mol. The highest BCUT2D eigenvalue weighted by atomic mass is 35.5. The molecule has 2 aliphatic rings. The monoisotopic (exact) mass is 238 g/mol. The van der Waals surface area contributed by atoms with Gasteiger partial charge in [0.05, 0.1) is 18.8 Å². The predicted octanol–water partition coefficient (Wildman–Crippen LogP) is 2.49. The lowest BCUT2D eigenvalue weighted by molar-refractivity contribution is 0.0256. The largest absolute Gasteiger partial charge is 0.374 e. The summed E-state index contributed by atoms with van der Waals surface area (Å²) in [5.41, 5.74) is 1.18. The summed E-state index contributed by atoms with van der Waals surface area (Å²) in [7, 11) is 0. The lowest BCUT2D eigenvalue weighted by Crippen LogP contribution is -2.48. The first-order chi connectivity index (χ1) is 7.84. The second kappa shape index (κ2) is 4.22. The summed E-state index contributed by atoms with van der Waals surface area (Å²) in [5, 5.41) is 0.568.